The molecule has 1 heterocycles. The summed E-state index contributed by atoms with van der Waals surface area (Å²) in [5.74, 6) is 0.712. The molecule has 0 radical (unpaired) electrons. The van der Waals surface area contributed by atoms with Gasteiger partial charge in [-0.05, 0) is 32.2 Å². The van der Waals surface area contributed by atoms with E-state index in [-0.39, 0.29) is 24.0 Å². The highest BCUT2D eigenvalue weighted by Gasteiger charge is 2.27. The summed E-state index contributed by atoms with van der Waals surface area (Å²) in [7, 11) is 2.05. The number of morpholine rings is 1. The highest BCUT2D eigenvalue weighted by molar-refractivity contribution is 14.0. The van der Waals surface area contributed by atoms with Crippen LogP contribution in [0, 0.1) is 0 Å². The Labute approximate surface area is 133 Å². The third kappa shape index (κ3) is 6.27. The van der Waals surface area contributed by atoms with Crippen LogP contribution in [-0.2, 0) is 4.74 Å². The van der Waals surface area contributed by atoms with Gasteiger partial charge in [0.15, 0.2) is 5.96 Å². The van der Waals surface area contributed by atoms with Crippen molar-refractivity contribution < 1.29 is 4.74 Å². The Bertz CT molecular complexity index is 278. The molecule has 6 heteroatoms. The molecule has 0 spiro atoms. The first-order valence-electron chi connectivity index (χ1n) is 7.10. The van der Waals surface area contributed by atoms with E-state index in [1.807, 2.05) is 7.05 Å². The lowest BCUT2D eigenvalue weighted by Crippen LogP contribution is -2.37. The number of hydrogen-bond acceptors (Lipinski definition) is 3. The maximum atomic E-state index is 5.93. The molecule has 2 N–H and O–H groups in total. The van der Waals surface area contributed by atoms with Gasteiger partial charge < -0.3 is 15.4 Å². The molecule has 0 aromatic rings. The standard InChI is InChI=1S/C13H26N4O.HI/c1-16(12-4-5-12)13(14)15-6-2-3-7-17-8-10-18-11-9-17;/h12H,2-11H2,1H3,(H2,14,15);1H. The van der Waals surface area contributed by atoms with E-state index in [4.69, 9.17) is 10.5 Å². The van der Waals surface area contributed by atoms with Crippen LogP contribution in [0.5, 0.6) is 0 Å². The van der Waals surface area contributed by atoms with E-state index in [2.05, 4.69) is 14.8 Å². The van der Waals surface area contributed by atoms with E-state index in [1.165, 1.54) is 19.3 Å². The predicted octanol–water partition coefficient (Wildman–Crippen LogP) is 1.13. The molecular weight excluding hydrogens is 355 g/mol. The molecule has 1 saturated carbocycles. The van der Waals surface area contributed by atoms with Crippen LogP contribution in [0.1, 0.15) is 25.7 Å². The first-order chi connectivity index (χ1) is 8.77. The van der Waals surface area contributed by atoms with Gasteiger partial charge in [-0.3, -0.25) is 9.89 Å². The number of nitrogens with zero attached hydrogens (tertiary/aromatic N) is 3. The van der Waals surface area contributed by atoms with Gasteiger partial charge in [0, 0.05) is 32.7 Å². The van der Waals surface area contributed by atoms with Crippen molar-refractivity contribution in [1.29, 1.82) is 0 Å². The SMILES string of the molecule is CN(C(N)=NCCCCN1CCOCC1)C1CC1.I. The number of hydrogen-bond donors (Lipinski definition) is 1. The molecule has 0 aromatic carbocycles. The van der Waals surface area contributed by atoms with Gasteiger partial charge in [-0.1, -0.05) is 0 Å². The molecule has 2 aliphatic rings. The van der Waals surface area contributed by atoms with Crippen molar-refractivity contribution in [2.24, 2.45) is 10.7 Å². The first-order valence-corrected chi connectivity index (χ1v) is 7.10. The smallest absolute Gasteiger partial charge is 0.191 e. The van der Waals surface area contributed by atoms with Crippen LogP contribution in [0.2, 0.25) is 0 Å². The molecular formula is C13H27IN4O. The normalized spacial score (nSPS) is 21.0. The second kappa shape index (κ2) is 8.97. The van der Waals surface area contributed by atoms with Crippen molar-refractivity contribution >= 4 is 29.9 Å². The van der Waals surface area contributed by atoms with Gasteiger partial charge in [-0.15, -0.1) is 24.0 Å². The van der Waals surface area contributed by atoms with E-state index in [1.54, 1.807) is 0 Å². The van der Waals surface area contributed by atoms with Gasteiger partial charge in [0.1, 0.15) is 0 Å². The summed E-state index contributed by atoms with van der Waals surface area (Å²) in [4.78, 5) is 9.02. The van der Waals surface area contributed by atoms with Crippen molar-refractivity contribution in [1.82, 2.24) is 9.80 Å². The van der Waals surface area contributed by atoms with Crippen molar-refractivity contribution in [2.75, 3.05) is 46.4 Å². The predicted molar refractivity (Wildman–Crippen MR) is 89.2 cm³/mol. The van der Waals surface area contributed by atoms with E-state index >= 15 is 0 Å². The average molecular weight is 382 g/mol. The monoisotopic (exact) mass is 382 g/mol. The van der Waals surface area contributed by atoms with Gasteiger partial charge in [0.2, 0.25) is 0 Å². The molecule has 112 valence electrons. The first kappa shape index (κ1) is 17.0. The molecule has 1 aliphatic heterocycles. The zero-order valence-corrected chi connectivity index (χ0v) is 14.2. The summed E-state index contributed by atoms with van der Waals surface area (Å²) in [6.07, 6.45) is 4.86. The van der Waals surface area contributed by atoms with Crippen LogP contribution in [0.4, 0.5) is 0 Å². The Hall–Kier alpha value is -0.0800. The summed E-state index contributed by atoms with van der Waals surface area (Å²) in [6.45, 7) is 5.95. The Morgan fingerprint density at radius 1 is 1.32 bits per heavy atom. The number of aliphatic imine (C=N–C) groups is 1. The van der Waals surface area contributed by atoms with Crippen LogP contribution in [0.3, 0.4) is 0 Å². The van der Waals surface area contributed by atoms with Gasteiger partial charge >= 0.3 is 0 Å². The van der Waals surface area contributed by atoms with E-state index in [0.717, 1.165) is 45.8 Å². The van der Waals surface area contributed by atoms with Crippen LogP contribution in [-0.4, -0.2) is 68.2 Å². The lowest BCUT2D eigenvalue weighted by atomic mass is 10.3. The molecule has 5 nitrogen and oxygen atoms in total. The Kier molecular flexibility index (Phi) is 8.01. The van der Waals surface area contributed by atoms with E-state index < -0.39 is 0 Å². The summed E-state index contributed by atoms with van der Waals surface area (Å²) < 4.78 is 5.33. The molecule has 0 atom stereocenters. The third-order valence-corrected chi connectivity index (χ3v) is 3.72. The number of guanidine groups is 1. The highest BCUT2D eigenvalue weighted by Crippen LogP contribution is 2.24. The summed E-state index contributed by atoms with van der Waals surface area (Å²) in [5, 5.41) is 0. The van der Waals surface area contributed by atoms with Gasteiger partial charge in [0.05, 0.1) is 13.2 Å². The lowest BCUT2D eigenvalue weighted by molar-refractivity contribution is 0.0373. The minimum absolute atomic E-state index is 0. The second-order valence-corrected chi connectivity index (χ2v) is 5.24. The zero-order chi connectivity index (χ0) is 12.8. The van der Waals surface area contributed by atoms with Crippen LogP contribution >= 0.6 is 24.0 Å². The summed E-state index contributed by atoms with van der Waals surface area (Å²) in [5.41, 5.74) is 5.93. The molecule has 0 aromatic heterocycles. The highest BCUT2D eigenvalue weighted by atomic mass is 127. The van der Waals surface area contributed by atoms with Crippen LogP contribution in [0.25, 0.3) is 0 Å². The average Bonchev–Trinajstić information content (AvgIpc) is 3.23. The fraction of sp³-hybridized carbons (Fsp3) is 0.923. The van der Waals surface area contributed by atoms with Crippen molar-refractivity contribution in [3.8, 4) is 0 Å². The molecule has 19 heavy (non-hydrogen) atoms. The topological polar surface area (TPSA) is 54.1 Å². The lowest BCUT2D eigenvalue weighted by Gasteiger charge is -2.26. The number of halogens is 1. The minimum atomic E-state index is 0. The molecule has 0 bridgehead atoms. The molecule has 1 aliphatic carbocycles. The molecule has 2 rings (SSSR count). The maximum absolute atomic E-state index is 5.93. The van der Waals surface area contributed by atoms with Gasteiger partial charge in [0.25, 0.3) is 0 Å². The van der Waals surface area contributed by atoms with Crippen molar-refractivity contribution in [3.05, 3.63) is 0 Å². The Morgan fingerprint density at radius 3 is 2.63 bits per heavy atom. The van der Waals surface area contributed by atoms with Crippen molar-refractivity contribution in [3.63, 3.8) is 0 Å². The largest absolute Gasteiger partial charge is 0.379 e. The van der Waals surface area contributed by atoms with Crippen LogP contribution in [0.15, 0.2) is 4.99 Å². The Morgan fingerprint density at radius 2 is 2.00 bits per heavy atom. The molecule has 0 unspecified atom stereocenters. The van der Waals surface area contributed by atoms with Gasteiger partial charge in [-0.2, -0.15) is 0 Å². The quantitative estimate of drug-likeness (QED) is 0.324. The Balaban J connectivity index is 0.00000180. The number of rotatable bonds is 6. The summed E-state index contributed by atoms with van der Waals surface area (Å²) in [6, 6.07) is 0.655. The second-order valence-electron chi connectivity index (χ2n) is 5.24. The fourth-order valence-corrected chi connectivity index (χ4v) is 2.23. The number of nitrogens with two attached hydrogens (primary N) is 1. The minimum Gasteiger partial charge on any atom is -0.379 e. The summed E-state index contributed by atoms with van der Waals surface area (Å²) >= 11 is 0. The number of unbranched alkanes of at least 4 members (excludes halogenated alkanes) is 1. The molecule has 1 saturated heterocycles. The fourth-order valence-electron chi connectivity index (χ4n) is 2.23. The van der Waals surface area contributed by atoms with E-state index in [9.17, 15) is 0 Å². The molecule has 0 amide bonds. The van der Waals surface area contributed by atoms with Crippen molar-refractivity contribution in [2.45, 2.75) is 31.7 Å². The zero-order valence-electron chi connectivity index (χ0n) is 11.9. The van der Waals surface area contributed by atoms with Crippen LogP contribution < -0.4 is 5.73 Å². The maximum Gasteiger partial charge on any atom is 0.191 e. The van der Waals surface area contributed by atoms with Gasteiger partial charge in [-0.25, -0.2) is 0 Å². The van der Waals surface area contributed by atoms with E-state index in [0.29, 0.717) is 12.0 Å². The number of ether oxygens (including phenoxy) is 1. The third-order valence-electron chi connectivity index (χ3n) is 3.72. The molecule has 2 fully saturated rings.